The summed E-state index contributed by atoms with van der Waals surface area (Å²) >= 11 is 2.18. The molecule has 0 aromatic heterocycles. The molecule has 0 spiro atoms. The molecule has 0 radical (unpaired) electrons. The summed E-state index contributed by atoms with van der Waals surface area (Å²) in [5.74, 6) is -0.199. The second-order valence-electron chi connectivity index (χ2n) is 5.83. The molecule has 1 N–H and O–H groups in total. The number of halogens is 1. The average molecular weight is 448 g/mol. The van der Waals surface area contributed by atoms with E-state index in [0.29, 0.717) is 24.2 Å². The number of rotatable bonds is 6. The first-order valence-electron chi connectivity index (χ1n) is 8.00. The lowest BCUT2D eigenvalue weighted by Gasteiger charge is -2.10. The van der Waals surface area contributed by atoms with Crippen LogP contribution in [-0.4, -0.2) is 31.2 Å². The summed E-state index contributed by atoms with van der Waals surface area (Å²) in [7, 11) is 0. The molecule has 6 heteroatoms. The fourth-order valence-corrected chi connectivity index (χ4v) is 3.21. The van der Waals surface area contributed by atoms with Gasteiger partial charge in [0.2, 0.25) is 6.41 Å². The number of nitrogens with one attached hydrogen (secondary N) is 1. The van der Waals surface area contributed by atoms with Gasteiger partial charge < -0.3 is 10.2 Å². The highest BCUT2D eigenvalue weighted by Crippen LogP contribution is 2.27. The van der Waals surface area contributed by atoms with Crippen LogP contribution < -0.4 is 10.2 Å². The van der Waals surface area contributed by atoms with E-state index in [0.717, 1.165) is 27.7 Å². The van der Waals surface area contributed by atoms with Crippen LogP contribution in [0.15, 0.2) is 42.5 Å². The number of benzene rings is 2. The van der Waals surface area contributed by atoms with Gasteiger partial charge in [0, 0.05) is 39.9 Å². The molecule has 2 aromatic rings. The highest BCUT2D eigenvalue weighted by molar-refractivity contribution is 14.1. The van der Waals surface area contributed by atoms with Gasteiger partial charge in [-0.25, -0.2) is 0 Å². The van der Waals surface area contributed by atoms with E-state index < -0.39 is 0 Å². The molecule has 0 atom stereocenters. The van der Waals surface area contributed by atoms with E-state index >= 15 is 0 Å². The maximum absolute atomic E-state index is 12.3. The van der Waals surface area contributed by atoms with Crippen molar-refractivity contribution in [3.05, 3.63) is 62.7 Å². The van der Waals surface area contributed by atoms with Crippen LogP contribution in [0.25, 0.3) is 0 Å². The molecule has 1 aliphatic rings. The fraction of sp³-hybridized carbons (Fsp3) is 0.211. The highest BCUT2D eigenvalue weighted by atomic mass is 127. The summed E-state index contributed by atoms with van der Waals surface area (Å²) in [4.78, 5) is 36.9. The van der Waals surface area contributed by atoms with Crippen molar-refractivity contribution in [1.82, 2.24) is 5.32 Å². The minimum atomic E-state index is -0.181. The minimum Gasteiger partial charge on any atom is -0.352 e. The molecular formula is C19H17IN2O3. The molecule has 2 amide bonds. The van der Waals surface area contributed by atoms with Gasteiger partial charge >= 0.3 is 0 Å². The van der Waals surface area contributed by atoms with E-state index in [-0.39, 0.29) is 18.1 Å². The zero-order valence-electron chi connectivity index (χ0n) is 13.5. The smallest absolute Gasteiger partial charge is 0.251 e. The Morgan fingerprint density at radius 2 is 1.84 bits per heavy atom. The number of Topliss-reactive ketones (excluding diaryl/α,β-unsaturated/α-hetero) is 1. The lowest BCUT2D eigenvalue weighted by Crippen LogP contribution is -2.26. The van der Waals surface area contributed by atoms with E-state index in [2.05, 4.69) is 27.9 Å². The van der Waals surface area contributed by atoms with Gasteiger partial charge in [0.15, 0.2) is 5.78 Å². The standard InChI is InChI=1S/C19H17IN2O3/c20-16-4-1-13(2-5-16)19(25)21-9-7-18(24)15-3-6-17-14(11-15)8-10-22(17)12-23/h1-6,11-12H,7-10H2,(H,21,25). The van der Waals surface area contributed by atoms with Gasteiger partial charge in [0.25, 0.3) is 5.91 Å². The van der Waals surface area contributed by atoms with Gasteiger partial charge in [-0.15, -0.1) is 0 Å². The molecular weight excluding hydrogens is 431 g/mol. The number of carbonyl (C=O) groups excluding carboxylic acids is 3. The van der Waals surface area contributed by atoms with Crippen LogP contribution in [0.3, 0.4) is 0 Å². The monoisotopic (exact) mass is 448 g/mol. The summed E-state index contributed by atoms with van der Waals surface area (Å²) in [6, 6.07) is 12.7. The Kier molecular flexibility index (Phi) is 5.47. The third-order valence-electron chi connectivity index (χ3n) is 4.20. The molecule has 5 nitrogen and oxygen atoms in total. The van der Waals surface area contributed by atoms with E-state index in [4.69, 9.17) is 0 Å². The number of carbonyl (C=O) groups is 3. The van der Waals surface area contributed by atoms with Gasteiger partial charge in [-0.1, -0.05) is 0 Å². The molecule has 0 fully saturated rings. The number of hydrogen-bond donors (Lipinski definition) is 1. The second kappa shape index (κ2) is 7.77. The third kappa shape index (κ3) is 4.07. The zero-order valence-corrected chi connectivity index (χ0v) is 15.7. The fourth-order valence-electron chi connectivity index (χ4n) is 2.85. The number of fused-ring (bicyclic) bond motifs is 1. The molecule has 25 heavy (non-hydrogen) atoms. The van der Waals surface area contributed by atoms with Crippen molar-refractivity contribution < 1.29 is 14.4 Å². The molecule has 0 aliphatic carbocycles. The Balaban J connectivity index is 1.55. The Morgan fingerprint density at radius 1 is 1.12 bits per heavy atom. The van der Waals surface area contributed by atoms with Crippen LogP contribution in [0, 0.1) is 3.57 Å². The first-order valence-corrected chi connectivity index (χ1v) is 9.08. The molecule has 0 saturated carbocycles. The van der Waals surface area contributed by atoms with Crippen molar-refractivity contribution in [2.75, 3.05) is 18.0 Å². The van der Waals surface area contributed by atoms with Crippen molar-refractivity contribution >= 4 is 46.4 Å². The summed E-state index contributed by atoms with van der Waals surface area (Å²) < 4.78 is 1.06. The van der Waals surface area contributed by atoms with Gasteiger partial charge in [0.05, 0.1) is 0 Å². The Bertz CT molecular complexity index is 818. The van der Waals surface area contributed by atoms with E-state index in [9.17, 15) is 14.4 Å². The van der Waals surface area contributed by atoms with E-state index in [1.54, 1.807) is 23.1 Å². The van der Waals surface area contributed by atoms with E-state index in [1.165, 1.54) is 0 Å². The first-order chi connectivity index (χ1) is 12.1. The van der Waals surface area contributed by atoms with Crippen molar-refractivity contribution in [2.24, 2.45) is 0 Å². The van der Waals surface area contributed by atoms with Crippen LogP contribution >= 0.6 is 22.6 Å². The summed E-state index contributed by atoms with van der Waals surface area (Å²) in [5.41, 5.74) is 3.09. The minimum absolute atomic E-state index is 0.0183. The second-order valence-corrected chi connectivity index (χ2v) is 7.07. The Hall–Kier alpha value is -2.22. The predicted octanol–water partition coefficient (Wildman–Crippen LogP) is 2.81. The lowest BCUT2D eigenvalue weighted by molar-refractivity contribution is -0.107. The quantitative estimate of drug-likeness (QED) is 0.420. The van der Waals surface area contributed by atoms with Crippen LogP contribution in [0.1, 0.15) is 32.7 Å². The lowest BCUT2D eigenvalue weighted by atomic mass is 10.0. The van der Waals surface area contributed by atoms with E-state index in [1.807, 2.05) is 24.3 Å². The molecule has 2 aromatic carbocycles. The van der Waals surface area contributed by atoms with Crippen LogP contribution in [0.4, 0.5) is 5.69 Å². The van der Waals surface area contributed by atoms with Gasteiger partial charge in [-0.2, -0.15) is 0 Å². The topological polar surface area (TPSA) is 66.5 Å². The number of anilines is 1. The van der Waals surface area contributed by atoms with Crippen molar-refractivity contribution in [1.29, 1.82) is 0 Å². The molecule has 3 rings (SSSR count). The summed E-state index contributed by atoms with van der Waals surface area (Å²) in [6.45, 7) is 0.948. The normalized spacial score (nSPS) is 12.6. The Morgan fingerprint density at radius 3 is 2.56 bits per heavy atom. The zero-order chi connectivity index (χ0) is 17.8. The van der Waals surface area contributed by atoms with Crippen LogP contribution in [-0.2, 0) is 11.2 Å². The molecule has 0 saturated heterocycles. The molecule has 1 aliphatic heterocycles. The van der Waals surface area contributed by atoms with Crippen LogP contribution in [0.5, 0.6) is 0 Å². The van der Waals surface area contributed by atoms with Gasteiger partial charge in [0.1, 0.15) is 0 Å². The van der Waals surface area contributed by atoms with Crippen molar-refractivity contribution in [3.63, 3.8) is 0 Å². The maximum atomic E-state index is 12.3. The Labute approximate surface area is 159 Å². The molecule has 0 bridgehead atoms. The predicted molar refractivity (Wildman–Crippen MR) is 104 cm³/mol. The number of amides is 2. The first kappa shape index (κ1) is 17.6. The average Bonchev–Trinajstić information content (AvgIpc) is 3.04. The third-order valence-corrected chi connectivity index (χ3v) is 4.92. The molecule has 0 unspecified atom stereocenters. The van der Waals surface area contributed by atoms with Crippen LogP contribution in [0.2, 0.25) is 0 Å². The van der Waals surface area contributed by atoms with Gasteiger partial charge in [-0.3, -0.25) is 14.4 Å². The number of nitrogens with zero attached hydrogens (tertiary/aromatic N) is 1. The SMILES string of the molecule is O=CN1CCc2cc(C(=O)CCNC(=O)c3ccc(I)cc3)ccc21. The van der Waals surface area contributed by atoms with Crippen molar-refractivity contribution in [2.45, 2.75) is 12.8 Å². The molecule has 128 valence electrons. The summed E-state index contributed by atoms with van der Waals surface area (Å²) in [6.07, 6.45) is 1.82. The highest BCUT2D eigenvalue weighted by Gasteiger charge is 2.19. The largest absolute Gasteiger partial charge is 0.352 e. The number of ketones is 1. The molecule has 1 heterocycles. The van der Waals surface area contributed by atoms with Crippen molar-refractivity contribution in [3.8, 4) is 0 Å². The maximum Gasteiger partial charge on any atom is 0.251 e. The summed E-state index contributed by atoms with van der Waals surface area (Å²) in [5, 5.41) is 2.77. The van der Waals surface area contributed by atoms with Gasteiger partial charge in [-0.05, 0) is 77.0 Å². The number of hydrogen-bond acceptors (Lipinski definition) is 3.